The molecule has 1 saturated heterocycles. The molecule has 1 aliphatic rings. The van der Waals surface area contributed by atoms with E-state index in [0.717, 1.165) is 44.1 Å². The minimum absolute atomic E-state index is 0.327. The van der Waals surface area contributed by atoms with Crippen LogP contribution < -0.4 is 10.6 Å². The molecule has 2 aromatic heterocycles. The molecule has 118 valence electrons. The van der Waals surface area contributed by atoms with Gasteiger partial charge >= 0.3 is 0 Å². The van der Waals surface area contributed by atoms with Crippen molar-refractivity contribution in [3.63, 3.8) is 0 Å². The molecular formula is C15H22N6O. The molecule has 1 atom stereocenters. The highest BCUT2D eigenvalue weighted by atomic mass is 16.5. The second-order valence-electron chi connectivity index (χ2n) is 5.76. The van der Waals surface area contributed by atoms with Gasteiger partial charge in [0, 0.05) is 45.4 Å². The van der Waals surface area contributed by atoms with E-state index in [1.165, 1.54) is 5.56 Å². The molecule has 0 radical (unpaired) electrons. The summed E-state index contributed by atoms with van der Waals surface area (Å²) in [7, 11) is 3.95. The van der Waals surface area contributed by atoms with E-state index in [0.29, 0.717) is 11.9 Å². The number of likely N-dealkylation sites (N-methyl/N-ethyl adjacent to an activating group) is 1. The van der Waals surface area contributed by atoms with Crippen molar-refractivity contribution in [2.45, 2.75) is 18.8 Å². The number of rotatable bonds is 5. The van der Waals surface area contributed by atoms with Crippen LogP contribution in [0.25, 0.3) is 0 Å². The fourth-order valence-electron chi connectivity index (χ4n) is 2.66. The Bertz CT molecular complexity index is 635. The summed E-state index contributed by atoms with van der Waals surface area (Å²) in [6, 6.07) is 2.03. The molecule has 0 unspecified atom stereocenters. The first-order valence-electron chi connectivity index (χ1n) is 7.52. The topological polar surface area (TPSA) is 82.1 Å². The van der Waals surface area contributed by atoms with Gasteiger partial charge in [-0.25, -0.2) is 4.98 Å². The highest BCUT2D eigenvalue weighted by Gasteiger charge is 2.21. The lowest BCUT2D eigenvalue weighted by atomic mass is 10.0. The fraction of sp³-hybridized carbons (Fsp3) is 0.533. The molecule has 7 heteroatoms. The van der Waals surface area contributed by atoms with Gasteiger partial charge in [-0.3, -0.25) is 4.68 Å². The Balaban J connectivity index is 1.69. The minimum atomic E-state index is 0.327. The van der Waals surface area contributed by atoms with Gasteiger partial charge in [0.15, 0.2) is 0 Å². The summed E-state index contributed by atoms with van der Waals surface area (Å²) in [4.78, 5) is 10.8. The van der Waals surface area contributed by atoms with Crippen LogP contribution in [0.1, 0.15) is 23.6 Å². The monoisotopic (exact) mass is 302 g/mol. The van der Waals surface area contributed by atoms with Crippen LogP contribution in [0.5, 0.6) is 0 Å². The van der Waals surface area contributed by atoms with Crippen LogP contribution in [0, 0.1) is 0 Å². The van der Waals surface area contributed by atoms with Crippen molar-refractivity contribution in [3.8, 4) is 0 Å². The molecule has 22 heavy (non-hydrogen) atoms. The molecule has 2 aromatic rings. The largest absolute Gasteiger partial charge is 0.381 e. The number of nitrogens with zero attached hydrogens (tertiary/aromatic N) is 5. The van der Waals surface area contributed by atoms with Crippen LogP contribution in [0.3, 0.4) is 0 Å². The molecule has 2 N–H and O–H groups in total. The summed E-state index contributed by atoms with van der Waals surface area (Å²) in [5.41, 5.74) is 8.06. The van der Waals surface area contributed by atoms with Crippen molar-refractivity contribution in [3.05, 3.63) is 29.7 Å². The van der Waals surface area contributed by atoms with Crippen molar-refractivity contribution in [2.75, 3.05) is 37.4 Å². The standard InChI is InChI=1S/C15H22N6O/c1-20(5-3-11-8-17-21(2)9-11)14-7-13(18-15(16)19-14)12-4-6-22-10-12/h7-9,12H,3-6,10H2,1-2H3,(H2,16,18,19)/t12-/m0/s1. The van der Waals surface area contributed by atoms with E-state index in [1.54, 1.807) is 0 Å². The Kier molecular flexibility index (Phi) is 4.24. The molecule has 1 fully saturated rings. The third-order valence-corrected chi connectivity index (χ3v) is 3.98. The lowest BCUT2D eigenvalue weighted by Crippen LogP contribution is -2.22. The maximum absolute atomic E-state index is 5.87. The third kappa shape index (κ3) is 3.36. The van der Waals surface area contributed by atoms with Crippen LogP contribution in [0.2, 0.25) is 0 Å². The highest BCUT2D eigenvalue weighted by Crippen LogP contribution is 2.26. The van der Waals surface area contributed by atoms with Gasteiger partial charge in [0.1, 0.15) is 5.82 Å². The summed E-state index contributed by atoms with van der Waals surface area (Å²) in [6.45, 7) is 2.36. The Hall–Kier alpha value is -2.15. The Morgan fingerprint density at radius 1 is 1.45 bits per heavy atom. The Morgan fingerprint density at radius 2 is 2.32 bits per heavy atom. The Morgan fingerprint density at radius 3 is 3.00 bits per heavy atom. The number of hydrogen-bond acceptors (Lipinski definition) is 6. The molecule has 3 rings (SSSR count). The van der Waals surface area contributed by atoms with Crippen LogP contribution in [-0.4, -0.2) is 46.6 Å². The summed E-state index contributed by atoms with van der Waals surface area (Å²) >= 11 is 0. The van der Waals surface area contributed by atoms with Gasteiger partial charge < -0.3 is 15.4 Å². The summed E-state index contributed by atoms with van der Waals surface area (Å²) in [5, 5.41) is 4.19. The number of aromatic nitrogens is 4. The van der Waals surface area contributed by atoms with Gasteiger partial charge in [-0.2, -0.15) is 10.1 Å². The predicted octanol–water partition coefficient (Wildman–Crippen LogP) is 0.975. The number of aryl methyl sites for hydroxylation is 1. The van der Waals surface area contributed by atoms with Crippen LogP contribution >= 0.6 is 0 Å². The SMILES string of the molecule is CN(CCc1cnn(C)c1)c1cc([C@H]2CCOC2)nc(N)n1. The normalized spacial score (nSPS) is 17.8. The van der Waals surface area contributed by atoms with Crippen molar-refractivity contribution in [1.82, 2.24) is 19.7 Å². The molecule has 1 aliphatic heterocycles. The molecule has 0 aromatic carbocycles. The van der Waals surface area contributed by atoms with Crippen molar-refractivity contribution in [2.24, 2.45) is 7.05 Å². The zero-order chi connectivity index (χ0) is 15.5. The predicted molar refractivity (Wildman–Crippen MR) is 84.8 cm³/mol. The lowest BCUT2D eigenvalue weighted by Gasteiger charge is -2.19. The maximum Gasteiger partial charge on any atom is 0.222 e. The van der Waals surface area contributed by atoms with E-state index in [9.17, 15) is 0 Å². The van der Waals surface area contributed by atoms with Crippen LogP contribution in [-0.2, 0) is 18.2 Å². The van der Waals surface area contributed by atoms with E-state index in [4.69, 9.17) is 10.5 Å². The molecule has 7 nitrogen and oxygen atoms in total. The van der Waals surface area contributed by atoms with Gasteiger partial charge in [-0.15, -0.1) is 0 Å². The molecule has 0 amide bonds. The number of ether oxygens (including phenoxy) is 1. The van der Waals surface area contributed by atoms with Gasteiger partial charge in [0.2, 0.25) is 5.95 Å². The van der Waals surface area contributed by atoms with E-state index in [-0.39, 0.29) is 0 Å². The first kappa shape index (κ1) is 14.8. The number of nitrogen functional groups attached to an aromatic ring is 1. The van der Waals surface area contributed by atoms with E-state index in [1.807, 2.05) is 37.2 Å². The van der Waals surface area contributed by atoms with Gasteiger partial charge in [0.05, 0.1) is 18.5 Å². The number of hydrogen-bond donors (Lipinski definition) is 1. The van der Waals surface area contributed by atoms with Crippen LogP contribution in [0.15, 0.2) is 18.5 Å². The third-order valence-electron chi connectivity index (χ3n) is 3.98. The second kappa shape index (κ2) is 6.31. The minimum Gasteiger partial charge on any atom is -0.381 e. The first-order chi connectivity index (χ1) is 10.6. The van der Waals surface area contributed by atoms with Crippen molar-refractivity contribution < 1.29 is 4.74 Å². The molecule has 0 bridgehead atoms. The highest BCUT2D eigenvalue weighted by molar-refractivity contribution is 5.43. The average molecular weight is 302 g/mol. The van der Waals surface area contributed by atoms with E-state index < -0.39 is 0 Å². The first-order valence-corrected chi connectivity index (χ1v) is 7.52. The zero-order valence-corrected chi connectivity index (χ0v) is 13.1. The number of nitrogens with two attached hydrogens (primary N) is 1. The van der Waals surface area contributed by atoms with Gasteiger partial charge in [-0.1, -0.05) is 0 Å². The van der Waals surface area contributed by atoms with E-state index in [2.05, 4.69) is 20.0 Å². The van der Waals surface area contributed by atoms with Crippen LogP contribution in [0.4, 0.5) is 11.8 Å². The summed E-state index contributed by atoms with van der Waals surface area (Å²) in [5.74, 6) is 1.52. The van der Waals surface area contributed by atoms with Crippen molar-refractivity contribution in [1.29, 1.82) is 0 Å². The Labute approximate surface area is 130 Å². The molecule has 0 saturated carbocycles. The summed E-state index contributed by atoms with van der Waals surface area (Å²) in [6.07, 6.45) is 5.83. The molecule has 3 heterocycles. The quantitative estimate of drug-likeness (QED) is 0.886. The van der Waals surface area contributed by atoms with Crippen molar-refractivity contribution >= 4 is 11.8 Å². The molecule has 0 aliphatic carbocycles. The fourth-order valence-corrected chi connectivity index (χ4v) is 2.66. The summed E-state index contributed by atoms with van der Waals surface area (Å²) < 4.78 is 7.25. The van der Waals surface area contributed by atoms with Gasteiger partial charge in [-0.05, 0) is 18.4 Å². The van der Waals surface area contributed by atoms with E-state index >= 15 is 0 Å². The average Bonchev–Trinajstić information content (AvgIpc) is 3.15. The number of anilines is 2. The lowest BCUT2D eigenvalue weighted by molar-refractivity contribution is 0.193. The zero-order valence-electron chi connectivity index (χ0n) is 13.1. The smallest absolute Gasteiger partial charge is 0.222 e. The molecule has 0 spiro atoms. The second-order valence-corrected chi connectivity index (χ2v) is 5.76. The van der Waals surface area contributed by atoms with Gasteiger partial charge in [0.25, 0.3) is 0 Å². The maximum atomic E-state index is 5.87. The molecular weight excluding hydrogens is 280 g/mol.